The predicted molar refractivity (Wildman–Crippen MR) is 68.5 cm³/mol. The lowest BCUT2D eigenvalue weighted by Gasteiger charge is -2.08. The van der Waals surface area contributed by atoms with Gasteiger partial charge in [0.05, 0.1) is 22.6 Å². The van der Waals surface area contributed by atoms with Crippen LogP contribution in [0.1, 0.15) is 11.1 Å². The van der Waals surface area contributed by atoms with Crippen molar-refractivity contribution in [3.8, 4) is 11.8 Å². The largest absolute Gasteiger partial charge is 0.486 e. The van der Waals surface area contributed by atoms with Crippen molar-refractivity contribution in [2.24, 2.45) is 0 Å². The van der Waals surface area contributed by atoms with E-state index >= 15 is 0 Å². The summed E-state index contributed by atoms with van der Waals surface area (Å²) < 4.78 is 31.9. The molecule has 0 aliphatic carbocycles. The van der Waals surface area contributed by atoms with Gasteiger partial charge in [0, 0.05) is 11.6 Å². The van der Waals surface area contributed by atoms with Gasteiger partial charge in [-0.3, -0.25) is 10.1 Å². The molecule has 0 saturated carbocycles. The third kappa shape index (κ3) is 3.30. The minimum absolute atomic E-state index is 0.207. The van der Waals surface area contributed by atoms with Crippen molar-refractivity contribution in [1.29, 1.82) is 5.26 Å². The van der Waals surface area contributed by atoms with Gasteiger partial charge in [-0.2, -0.15) is 5.26 Å². The van der Waals surface area contributed by atoms with E-state index in [1.807, 2.05) is 6.07 Å². The molecule has 0 spiro atoms. The standard InChI is InChI=1S/C14H8F2N2O3/c15-11-2-1-9(7-17)10(5-11)8-21-14-4-3-12(18(19)20)6-13(14)16/h1-6H,8H2. The first-order chi connectivity index (χ1) is 10.0. The number of benzene rings is 2. The molecule has 5 nitrogen and oxygen atoms in total. The molecule has 2 rings (SSSR count). The van der Waals surface area contributed by atoms with Crippen LogP contribution in [-0.2, 0) is 6.61 Å². The monoisotopic (exact) mass is 290 g/mol. The summed E-state index contributed by atoms with van der Waals surface area (Å²) in [5.74, 6) is -1.66. The second kappa shape index (κ2) is 5.96. The van der Waals surface area contributed by atoms with Crippen LogP contribution in [0.4, 0.5) is 14.5 Å². The molecule has 0 atom stereocenters. The number of non-ortho nitro benzene ring substituents is 1. The molecule has 0 unspecified atom stereocenters. The second-order valence-corrected chi connectivity index (χ2v) is 4.07. The molecule has 0 aliphatic heterocycles. The highest BCUT2D eigenvalue weighted by atomic mass is 19.1. The van der Waals surface area contributed by atoms with E-state index in [2.05, 4.69) is 0 Å². The van der Waals surface area contributed by atoms with Crippen molar-refractivity contribution < 1.29 is 18.4 Å². The molecule has 2 aromatic rings. The van der Waals surface area contributed by atoms with Crippen molar-refractivity contribution in [2.75, 3.05) is 0 Å². The first kappa shape index (κ1) is 14.4. The lowest BCUT2D eigenvalue weighted by molar-refractivity contribution is -0.385. The number of halogens is 2. The van der Waals surface area contributed by atoms with E-state index in [9.17, 15) is 18.9 Å². The van der Waals surface area contributed by atoms with E-state index in [-0.39, 0.29) is 23.5 Å². The molecule has 0 amide bonds. The third-order valence-corrected chi connectivity index (χ3v) is 2.70. The molecule has 0 saturated heterocycles. The smallest absolute Gasteiger partial charge is 0.272 e. The summed E-state index contributed by atoms with van der Waals surface area (Å²) in [5.41, 5.74) is 0.0669. The van der Waals surface area contributed by atoms with Gasteiger partial charge in [-0.15, -0.1) is 0 Å². The van der Waals surface area contributed by atoms with Crippen LogP contribution in [0.25, 0.3) is 0 Å². The molecule has 0 N–H and O–H groups in total. The Kier molecular flexibility index (Phi) is 4.09. The molecular formula is C14H8F2N2O3. The maximum Gasteiger partial charge on any atom is 0.272 e. The quantitative estimate of drug-likeness (QED) is 0.639. The molecular weight excluding hydrogens is 282 g/mol. The fourth-order valence-corrected chi connectivity index (χ4v) is 1.67. The van der Waals surface area contributed by atoms with Gasteiger partial charge in [0.2, 0.25) is 0 Å². The summed E-state index contributed by atoms with van der Waals surface area (Å²) >= 11 is 0. The average molecular weight is 290 g/mol. The van der Waals surface area contributed by atoms with Crippen LogP contribution < -0.4 is 4.74 Å². The Morgan fingerprint density at radius 1 is 1.24 bits per heavy atom. The number of ether oxygens (including phenoxy) is 1. The summed E-state index contributed by atoms with van der Waals surface area (Å²) in [4.78, 5) is 9.76. The molecule has 7 heteroatoms. The number of hydrogen-bond acceptors (Lipinski definition) is 4. The van der Waals surface area contributed by atoms with Crippen LogP contribution in [0, 0.1) is 33.1 Å². The number of nitrogens with zero attached hydrogens (tertiary/aromatic N) is 2. The van der Waals surface area contributed by atoms with E-state index in [0.29, 0.717) is 0 Å². The van der Waals surface area contributed by atoms with E-state index in [1.54, 1.807) is 0 Å². The third-order valence-electron chi connectivity index (χ3n) is 2.70. The van der Waals surface area contributed by atoms with Gasteiger partial charge in [-0.05, 0) is 24.3 Å². The van der Waals surface area contributed by atoms with E-state index < -0.39 is 22.2 Å². The number of rotatable bonds is 4. The summed E-state index contributed by atoms with van der Waals surface area (Å²) in [6.07, 6.45) is 0. The molecule has 0 radical (unpaired) electrons. The van der Waals surface area contributed by atoms with E-state index in [4.69, 9.17) is 10.00 Å². The predicted octanol–water partition coefficient (Wildman–Crippen LogP) is 3.32. The van der Waals surface area contributed by atoms with Crippen LogP contribution in [0.3, 0.4) is 0 Å². The number of nitro groups is 1. The average Bonchev–Trinajstić information content (AvgIpc) is 2.46. The van der Waals surface area contributed by atoms with Gasteiger partial charge in [-0.25, -0.2) is 8.78 Å². The fraction of sp³-hybridized carbons (Fsp3) is 0.0714. The Morgan fingerprint density at radius 2 is 2.00 bits per heavy atom. The Bertz CT molecular complexity index is 741. The summed E-state index contributed by atoms with van der Waals surface area (Å²) in [6, 6.07) is 8.34. The Labute approximate surface area is 118 Å². The molecule has 0 bridgehead atoms. The topological polar surface area (TPSA) is 76.2 Å². The number of hydrogen-bond donors (Lipinski definition) is 0. The number of nitriles is 1. The van der Waals surface area contributed by atoms with Crippen LogP contribution in [0.5, 0.6) is 5.75 Å². The lowest BCUT2D eigenvalue weighted by atomic mass is 10.1. The fourth-order valence-electron chi connectivity index (χ4n) is 1.67. The molecule has 0 aromatic heterocycles. The summed E-state index contributed by atoms with van der Waals surface area (Å²) in [6.45, 7) is -0.227. The van der Waals surface area contributed by atoms with Gasteiger partial charge in [0.25, 0.3) is 5.69 Å². The van der Waals surface area contributed by atoms with Gasteiger partial charge >= 0.3 is 0 Å². The first-order valence-electron chi connectivity index (χ1n) is 5.76. The Balaban J connectivity index is 2.19. The Hall–Kier alpha value is -3.01. The van der Waals surface area contributed by atoms with Crippen LogP contribution in [-0.4, -0.2) is 4.92 Å². The highest BCUT2D eigenvalue weighted by Crippen LogP contribution is 2.24. The zero-order chi connectivity index (χ0) is 15.4. The first-order valence-corrected chi connectivity index (χ1v) is 5.76. The summed E-state index contributed by atoms with van der Waals surface area (Å²) in [5, 5.41) is 19.4. The van der Waals surface area contributed by atoms with Crippen molar-refractivity contribution in [2.45, 2.75) is 6.61 Å². The second-order valence-electron chi connectivity index (χ2n) is 4.07. The molecule has 0 heterocycles. The van der Waals surface area contributed by atoms with Crippen LogP contribution in [0.15, 0.2) is 36.4 Å². The van der Waals surface area contributed by atoms with Crippen molar-refractivity contribution in [1.82, 2.24) is 0 Å². The lowest BCUT2D eigenvalue weighted by Crippen LogP contribution is -2.01. The zero-order valence-electron chi connectivity index (χ0n) is 10.5. The highest BCUT2D eigenvalue weighted by molar-refractivity contribution is 5.39. The van der Waals surface area contributed by atoms with Gasteiger partial charge in [-0.1, -0.05) is 0 Å². The minimum Gasteiger partial charge on any atom is -0.486 e. The molecule has 106 valence electrons. The molecule has 2 aromatic carbocycles. The van der Waals surface area contributed by atoms with Crippen molar-refractivity contribution >= 4 is 5.69 Å². The van der Waals surface area contributed by atoms with Crippen molar-refractivity contribution in [3.63, 3.8) is 0 Å². The molecule has 21 heavy (non-hydrogen) atoms. The van der Waals surface area contributed by atoms with Gasteiger partial charge < -0.3 is 4.74 Å². The van der Waals surface area contributed by atoms with Gasteiger partial charge in [0.15, 0.2) is 11.6 Å². The van der Waals surface area contributed by atoms with Crippen LogP contribution in [0.2, 0.25) is 0 Å². The van der Waals surface area contributed by atoms with Crippen molar-refractivity contribution in [3.05, 3.63) is 69.3 Å². The van der Waals surface area contributed by atoms with E-state index in [1.165, 1.54) is 6.07 Å². The summed E-state index contributed by atoms with van der Waals surface area (Å²) in [7, 11) is 0. The number of nitro benzene ring substituents is 1. The maximum absolute atomic E-state index is 13.6. The molecule has 0 fully saturated rings. The Morgan fingerprint density at radius 3 is 2.62 bits per heavy atom. The van der Waals surface area contributed by atoms with E-state index in [0.717, 1.165) is 30.3 Å². The van der Waals surface area contributed by atoms with Crippen LogP contribution >= 0.6 is 0 Å². The normalized spacial score (nSPS) is 9.95. The zero-order valence-corrected chi connectivity index (χ0v) is 10.5. The van der Waals surface area contributed by atoms with Gasteiger partial charge in [0.1, 0.15) is 12.4 Å². The SMILES string of the molecule is N#Cc1ccc(F)cc1COc1ccc([N+](=O)[O-])cc1F. The minimum atomic E-state index is -0.904. The maximum atomic E-state index is 13.6. The molecule has 0 aliphatic rings. The highest BCUT2D eigenvalue weighted by Gasteiger charge is 2.12.